The molecule has 2 rings (SSSR count). The normalized spacial score (nSPS) is 12.3. The van der Waals surface area contributed by atoms with Gasteiger partial charge in [-0.05, 0) is 26.1 Å². The molecule has 0 aliphatic rings. The number of nitrogens with zero attached hydrogens (tertiary/aromatic N) is 3. The fourth-order valence-electron chi connectivity index (χ4n) is 1.66. The minimum Gasteiger partial charge on any atom is -0.299 e. The van der Waals surface area contributed by atoms with E-state index in [1.54, 1.807) is 17.3 Å². The van der Waals surface area contributed by atoms with Gasteiger partial charge in [0.15, 0.2) is 0 Å². The molecule has 1 heterocycles. The predicted molar refractivity (Wildman–Crippen MR) is 87.8 cm³/mol. The summed E-state index contributed by atoms with van der Waals surface area (Å²) in [6, 6.07) is 10.1. The third kappa shape index (κ3) is 5.11. The van der Waals surface area contributed by atoms with E-state index in [0.717, 1.165) is 12.3 Å². The highest BCUT2D eigenvalue weighted by Crippen LogP contribution is 2.17. The van der Waals surface area contributed by atoms with Crippen molar-refractivity contribution in [1.29, 1.82) is 0 Å². The number of thioether (sulfide) groups is 1. The Morgan fingerprint density at radius 3 is 2.86 bits per heavy atom. The Morgan fingerprint density at radius 2 is 2.19 bits per heavy atom. The van der Waals surface area contributed by atoms with Crippen molar-refractivity contribution in [3.05, 3.63) is 35.8 Å². The SMILES string of the molecule is CC(C(=O)Nc1nncs1)N(C)CCSc1ccccc1. The zero-order valence-electron chi connectivity index (χ0n) is 12.0. The Morgan fingerprint density at radius 1 is 1.43 bits per heavy atom. The molecule has 1 N–H and O–H groups in total. The van der Waals surface area contributed by atoms with Crippen molar-refractivity contribution in [2.24, 2.45) is 0 Å². The van der Waals surface area contributed by atoms with E-state index >= 15 is 0 Å². The zero-order chi connectivity index (χ0) is 15.1. The number of aromatic nitrogens is 2. The van der Waals surface area contributed by atoms with Gasteiger partial charge in [-0.1, -0.05) is 29.5 Å². The van der Waals surface area contributed by atoms with Crippen molar-refractivity contribution in [1.82, 2.24) is 15.1 Å². The van der Waals surface area contributed by atoms with Gasteiger partial charge in [-0.3, -0.25) is 15.0 Å². The highest BCUT2D eigenvalue weighted by atomic mass is 32.2. The summed E-state index contributed by atoms with van der Waals surface area (Å²) in [7, 11) is 1.95. The van der Waals surface area contributed by atoms with E-state index in [4.69, 9.17) is 0 Å². The Bertz CT molecular complexity index is 547. The molecule has 21 heavy (non-hydrogen) atoms. The van der Waals surface area contributed by atoms with E-state index < -0.39 is 0 Å². The molecular formula is C14H18N4OS2. The number of hydrogen-bond acceptors (Lipinski definition) is 6. The third-order valence-corrected chi connectivity index (χ3v) is 4.69. The van der Waals surface area contributed by atoms with E-state index in [-0.39, 0.29) is 11.9 Å². The topological polar surface area (TPSA) is 58.1 Å². The number of benzene rings is 1. The van der Waals surface area contributed by atoms with Crippen LogP contribution in [0.15, 0.2) is 40.7 Å². The number of hydrogen-bond donors (Lipinski definition) is 1. The number of carbonyl (C=O) groups excluding carboxylic acids is 1. The molecule has 1 aromatic carbocycles. The predicted octanol–water partition coefficient (Wildman–Crippen LogP) is 2.59. The average Bonchev–Trinajstić information content (AvgIpc) is 3.00. The summed E-state index contributed by atoms with van der Waals surface area (Å²) in [4.78, 5) is 15.3. The lowest BCUT2D eigenvalue weighted by Gasteiger charge is -2.23. The van der Waals surface area contributed by atoms with E-state index in [2.05, 4.69) is 27.6 Å². The highest BCUT2D eigenvalue weighted by Gasteiger charge is 2.18. The number of rotatable bonds is 7. The fraction of sp³-hybridized carbons (Fsp3) is 0.357. The van der Waals surface area contributed by atoms with Crippen LogP contribution in [0.2, 0.25) is 0 Å². The third-order valence-electron chi connectivity index (χ3n) is 3.09. The van der Waals surface area contributed by atoms with Crippen molar-refractivity contribution in [2.75, 3.05) is 24.7 Å². The molecule has 2 aromatic rings. The summed E-state index contributed by atoms with van der Waals surface area (Å²) in [6.45, 7) is 2.73. The van der Waals surface area contributed by atoms with Gasteiger partial charge in [-0.15, -0.1) is 22.0 Å². The van der Waals surface area contributed by atoms with Gasteiger partial charge in [-0.25, -0.2) is 0 Å². The van der Waals surface area contributed by atoms with Crippen LogP contribution < -0.4 is 5.32 Å². The van der Waals surface area contributed by atoms with Crippen LogP contribution in [0.4, 0.5) is 5.13 Å². The Labute approximate surface area is 132 Å². The fourth-order valence-corrected chi connectivity index (χ4v) is 3.07. The lowest BCUT2D eigenvalue weighted by atomic mass is 10.3. The first kappa shape index (κ1) is 15.9. The monoisotopic (exact) mass is 322 g/mol. The van der Waals surface area contributed by atoms with Crippen LogP contribution in [0.25, 0.3) is 0 Å². The van der Waals surface area contributed by atoms with Crippen LogP contribution in [-0.4, -0.2) is 46.4 Å². The smallest absolute Gasteiger partial charge is 0.243 e. The number of likely N-dealkylation sites (N-methyl/N-ethyl adjacent to an activating group) is 1. The number of anilines is 1. The Hall–Kier alpha value is -1.44. The van der Waals surface area contributed by atoms with Gasteiger partial charge >= 0.3 is 0 Å². The first-order valence-corrected chi connectivity index (χ1v) is 8.48. The van der Waals surface area contributed by atoms with Gasteiger partial charge in [0, 0.05) is 17.2 Å². The molecule has 1 atom stereocenters. The molecule has 7 heteroatoms. The molecule has 1 unspecified atom stereocenters. The van der Waals surface area contributed by atoms with E-state index in [1.807, 2.05) is 37.1 Å². The molecular weight excluding hydrogens is 304 g/mol. The number of nitrogens with one attached hydrogen (secondary N) is 1. The number of amides is 1. The molecule has 1 amide bonds. The zero-order valence-corrected chi connectivity index (χ0v) is 13.7. The summed E-state index contributed by atoms with van der Waals surface area (Å²) >= 11 is 3.11. The number of carbonyl (C=O) groups is 1. The minimum atomic E-state index is -0.203. The molecule has 0 bridgehead atoms. The average molecular weight is 322 g/mol. The second-order valence-electron chi connectivity index (χ2n) is 4.55. The summed E-state index contributed by atoms with van der Waals surface area (Å²) in [5, 5.41) is 10.8. The van der Waals surface area contributed by atoms with Crippen LogP contribution in [0.3, 0.4) is 0 Å². The summed E-state index contributed by atoms with van der Waals surface area (Å²) in [5.41, 5.74) is 1.60. The molecule has 0 aliphatic heterocycles. The van der Waals surface area contributed by atoms with Gasteiger partial charge in [0.2, 0.25) is 11.0 Å². The maximum atomic E-state index is 12.1. The lowest BCUT2D eigenvalue weighted by Crippen LogP contribution is -2.40. The summed E-state index contributed by atoms with van der Waals surface area (Å²) in [5.74, 6) is 0.885. The highest BCUT2D eigenvalue weighted by molar-refractivity contribution is 7.99. The molecule has 0 fully saturated rings. The van der Waals surface area contributed by atoms with Crippen LogP contribution in [0, 0.1) is 0 Å². The largest absolute Gasteiger partial charge is 0.299 e. The Balaban J connectivity index is 1.74. The quantitative estimate of drug-likeness (QED) is 0.794. The van der Waals surface area contributed by atoms with Crippen LogP contribution >= 0.6 is 23.1 Å². The standard InChI is InChI=1S/C14H18N4OS2/c1-11(13(19)16-14-17-15-10-21-14)18(2)8-9-20-12-6-4-3-5-7-12/h3-7,10-11H,8-9H2,1-2H3,(H,16,17,19). The maximum Gasteiger partial charge on any atom is 0.243 e. The van der Waals surface area contributed by atoms with Crippen LogP contribution in [0.5, 0.6) is 0 Å². The van der Waals surface area contributed by atoms with Crippen molar-refractivity contribution < 1.29 is 4.79 Å². The lowest BCUT2D eigenvalue weighted by molar-refractivity contribution is -0.120. The second kappa shape index (κ2) is 8.11. The van der Waals surface area contributed by atoms with Gasteiger partial charge in [0.05, 0.1) is 6.04 Å². The maximum absolute atomic E-state index is 12.1. The molecule has 5 nitrogen and oxygen atoms in total. The van der Waals surface area contributed by atoms with Gasteiger partial charge in [0.1, 0.15) is 5.51 Å². The molecule has 112 valence electrons. The van der Waals surface area contributed by atoms with Crippen molar-refractivity contribution in [2.45, 2.75) is 17.9 Å². The molecule has 0 aliphatic carbocycles. The summed E-state index contributed by atoms with van der Waals surface area (Å²) < 4.78 is 0. The van der Waals surface area contributed by atoms with Crippen molar-refractivity contribution in [3.63, 3.8) is 0 Å². The van der Waals surface area contributed by atoms with Gasteiger partial charge in [-0.2, -0.15) is 0 Å². The van der Waals surface area contributed by atoms with Crippen LogP contribution in [-0.2, 0) is 4.79 Å². The Kier molecular flexibility index (Phi) is 6.16. The van der Waals surface area contributed by atoms with E-state index in [9.17, 15) is 4.79 Å². The molecule has 0 radical (unpaired) electrons. The van der Waals surface area contributed by atoms with Gasteiger partial charge in [0.25, 0.3) is 0 Å². The minimum absolute atomic E-state index is 0.0565. The molecule has 0 spiro atoms. The van der Waals surface area contributed by atoms with E-state index in [0.29, 0.717) is 5.13 Å². The van der Waals surface area contributed by atoms with Crippen LogP contribution in [0.1, 0.15) is 6.92 Å². The molecule has 0 saturated heterocycles. The summed E-state index contributed by atoms with van der Waals surface area (Å²) in [6.07, 6.45) is 0. The first-order chi connectivity index (χ1) is 10.2. The molecule has 0 saturated carbocycles. The van der Waals surface area contributed by atoms with Crippen molar-refractivity contribution >= 4 is 34.1 Å². The van der Waals surface area contributed by atoms with E-state index in [1.165, 1.54) is 16.2 Å². The second-order valence-corrected chi connectivity index (χ2v) is 6.55. The first-order valence-electron chi connectivity index (χ1n) is 6.62. The van der Waals surface area contributed by atoms with Gasteiger partial charge < -0.3 is 0 Å². The van der Waals surface area contributed by atoms with Crippen molar-refractivity contribution in [3.8, 4) is 0 Å². The molecule has 1 aromatic heterocycles.